The predicted octanol–water partition coefficient (Wildman–Crippen LogP) is 2.43. The number of amides is 1. The fourth-order valence-corrected chi connectivity index (χ4v) is 3.35. The number of methoxy groups -OCH3 is 1. The van der Waals surface area contributed by atoms with Crippen LogP contribution in [0.15, 0.2) is 35.2 Å². The van der Waals surface area contributed by atoms with Crippen molar-refractivity contribution in [2.75, 3.05) is 38.2 Å². The van der Waals surface area contributed by atoms with Gasteiger partial charge in [-0.2, -0.15) is 0 Å². The lowest BCUT2D eigenvalue weighted by Gasteiger charge is -2.36. The van der Waals surface area contributed by atoms with Crippen LogP contribution >= 0.6 is 11.3 Å². The van der Waals surface area contributed by atoms with E-state index in [1.54, 1.807) is 18.4 Å². The van der Waals surface area contributed by atoms with Crippen LogP contribution in [0.1, 0.15) is 12.1 Å². The highest BCUT2D eigenvalue weighted by Gasteiger charge is 2.21. The fraction of sp³-hybridized carbons (Fsp3) is 0.412. The predicted molar refractivity (Wildman–Crippen MR) is 92.2 cm³/mol. The summed E-state index contributed by atoms with van der Waals surface area (Å²) in [4.78, 5) is 20.8. The molecule has 1 saturated heterocycles. The summed E-state index contributed by atoms with van der Waals surface area (Å²) in [5, 5.41) is 2.01. The molecule has 1 amide bonds. The molecule has 0 aliphatic carbocycles. The number of benzene rings is 1. The van der Waals surface area contributed by atoms with Crippen molar-refractivity contribution in [3.8, 4) is 5.75 Å². The molecule has 0 spiro atoms. The van der Waals surface area contributed by atoms with Gasteiger partial charge in [0.2, 0.25) is 5.91 Å². The Bertz CT molecular complexity index is 620. The Hall–Kier alpha value is -2.08. The van der Waals surface area contributed by atoms with E-state index in [1.165, 1.54) is 5.69 Å². The van der Waals surface area contributed by atoms with Crippen molar-refractivity contribution in [2.45, 2.75) is 12.8 Å². The Morgan fingerprint density at radius 2 is 1.96 bits per heavy atom. The van der Waals surface area contributed by atoms with E-state index < -0.39 is 0 Å². The van der Waals surface area contributed by atoms with Crippen molar-refractivity contribution in [2.24, 2.45) is 0 Å². The van der Waals surface area contributed by atoms with Gasteiger partial charge in [0.15, 0.2) is 0 Å². The number of aromatic nitrogens is 1. The molecule has 0 atom stereocenters. The number of hydrogen-bond acceptors (Lipinski definition) is 5. The van der Waals surface area contributed by atoms with E-state index in [0.717, 1.165) is 44.0 Å². The van der Waals surface area contributed by atoms with Crippen molar-refractivity contribution in [3.05, 3.63) is 40.8 Å². The Morgan fingerprint density at radius 1 is 1.22 bits per heavy atom. The molecule has 0 radical (unpaired) electrons. The maximum absolute atomic E-state index is 12.3. The Kier molecular flexibility index (Phi) is 5.12. The minimum atomic E-state index is 0.229. The van der Waals surface area contributed by atoms with E-state index in [0.29, 0.717) is 6.42 Å². The zero-order valence-corrected chi connectivity index (χ0v) is 14.1. The SMILES string of the molecule is COc1ccc(N2CCN(C(=O)CCc3cscn3)CC2)cc1. The summed E-state index contributed by atoms with van der Waals surface area (Å²) in [6, 6.07) is 8.08. The third-order valence-electron chi connectivity index (χ3n) is 4.15. The van der Waals surface area contributed by atoms with Crippen LogP contribution in [0.25, 0.3) is 0 Å². The molecule has 0 saturated carbocycles. The number of anilines is 1. The number of carbonyl (C=O) groups excluding carboxylic acids is 1. The molecule has 0 bridgehead atoms. The smallest absolute Gasteiger partial charge is 0.223 e. The van der Waals surface area contributed by atoms with Crippen LogP contribution in [0.3, 0.4) is 0 Å². The lowest BCUT2D eigenvalue weighted by molar-refractivity contribution is -0.131. The van der Waals surface area contributed by atoms with Gasteiger partial charge >= 0.3 is 0 Å². The van der Waals surface area contributed by atoms with Crippen molar-refractivity contribution < 1.29 is 9.53 Å². The molecule has 1 aromatic carbocycles. The maximum Gasteiger partial charge on any atom is 0.223 e. The first-order valence-electron chi connectivity index (χ1n) is 7.80. The summed E-state index contributed by atoms with van der Waals surface area (Å²) < 4.78 is 5.19. The lowest BCUT2D eigenvalue weighted by atomic mass is 10.2. The van der Waals surface area contributed by atoms with Crippen LogP contribution in [0.2, 0.25) is 0 Å². The molecule has 5 nitrogen and oxygen atoms in total. The second-order valence-electron chi connectivity index (χ2n) is 5.55. The van der Waals surface area contributed by atoms with Gasteiger partial charge in [0.25, 0.3) is 0 Å². The van der Waals surface area contributed by atoms with Crippen LogP contribution in [0.4, 0.5) is 5.69 Å². The highest BCUT2D eigenvalue weighted by atomic mass is 32.1. The van der Waals surface area contributed by atoms with E-state index in [1.807, 2.05) is 27.9 Å². The van der Waals surface area contributed by atoms with Gasteiger partial charge in [-0.25, -0.2) is 4.98 Å². The first-order valence-corrected chi connectivity index (χ1v) is 8.74. The highest BCUT2D eigenvalue weighted by Crippen LogP contribution is 2.20. The monoisotopic (exact) mass is 331 g/mol. The normalized spacial score (nSPS) is 14.8. The van der Waals surface area contributed by atoms with E-state index >= 15 is 0 Å². The van der Waals surface area contributed by atoms with Crippen LogP contribution in [0.5, 0.6) is 5.75 Å². The van der Waals surface area contributed by atoms with Gasteiger partial charge in [-0.15, -0.1) is 11.3 Å². The largest absolute Gasteiger partial charge is 0.497 e. The molecular formula is C17H21N3O2S. The van der Waals surface area contributed by atoms with Gasteiger partial charge in [-0.1, -0.05) is 0 Å². The fourth-order valence-electron chi connectivity index (χ4n) is 2.76. The van der Waals surface area contributed by atoms with Crippen molar-refractivity contribution in [1.29, 1.82) is 0 Å². The summed E-state index contributed by atoms with van der Waals surface area (Å²) >= 11 is 1.58. The Labute approximate surface area is 140 Å². The van der Waals surface area contributed by atoms with Gasteiger partial charge in [0.05, 0.1) is 18.3 Å². The van der Waals surface area contributed by atoms with Crippen molar-refractivity contribution in [3.63, 3.8) is 0 Å². The molecule has 6 heteroatoms. The average Bonchev–Trinajstić information content (AvgIpc) is 3.13. The summed E-state index contributed by atoms with van der Waals surface area (Å²) in [6.07, 6.45) is 1.29. The van der Waals surface area contributed by atoms with E-state index in [-0.39, 0.29) is 5.91 Å². The van der Waals surface area contributed by atoms with Crippen molar-refractivity contribution >= 4 is 22.9 Å². The minimum Gasteiger partial charge on any atom is -0.497 e. The zero-order chi connectivity index (χ0) is 16.1. The van der Waals surface area contributed by atoms with Gasteiger partial charge in [0, 0.05) is 43.7 Å². The van der Waals surface area contributed by atoms with Crippen molar-refractivity contribution in [1.82, 2.24) is 9.88 Å². The highest BCUT2D eigenvalue weighted by molar-refractivity contribution is 7.07. The van der Waals surface area contributed by atoms with Gasteiger partial charge < -0.3 is 14.5 Å². The number of rotatable bonds is 5. The molecule has 1 aromatic heterocycles. The number of hydrogen-bond donors (Lipinski definition) is 0. The Balaban J connectivity index is 1.48. The molecule has 2 aromatic rings. The van der Waals surface area contributed by atoms with Crippen LogP contribution in [-0.2, 0) is 11.2 Å². The molecule has 3 rings (SSSR count). The number of piperazine rings is 1. The van der Waals surface area contributed by atoms with E-state index in [2.05, 4.69) is 22.0 Å². The van der Waals surface area contributed by atoms with E-state index in [9.17, 15) is 4.79 Å². The van der Waals surface area contributed by atoms with Crippen LogP contribution in [-0.4, -0.2) is 49.1 Å². The second-order valence-corrected chi connectivity index (χ2v) is 6.26. The summed E-state index contributed by atoms with van der Waals surface area (Å²) in [7, 11) is 1.67. The number of aryl methyl sites for hydroxylation is 1. The minimum absolute atomic E-state index is 0.229. The quantitative estimate of drug-likeness (QED) is 0.844. The number of nitrogens with zero attached hydrogens (tertiary/aromatic N) is 3. The molecule has 23 heavy (non-hydrogen) atoms. The maximum atomic E-state index is 12.3. The van der Waals surface area contributed by atoms with Gasteiger partial charge in [-0.05, 0) is 30.7 Å². The number of thiazole rings is 1. The zero-order valence-electron chi connectivity index (χ0n) is 13.3. The van der Waals surface area contributed by atoms with Crippen LogP contribution in [0, 0.1) is 0 Å². The third-order valence-corrected chi connectivity index (χ3v) is 4.78. The number of ether oxygens (including phenoxy) is 1. The van der Waals surface area contributed by atoms with Gasteiger partial charge in [0.1, 0.15) is 5.75 Å². The molecule has 1 aliphatic heterocycles. The summed E-state index contributed by atoms with van der Waals surface area (Å²) in [6.45, 7) is 3.30. The van der Waals surface area contributed by atoms with Crippen LogP contribution < -0.4 is 9.64 Å². The second kappa shape index (κ2) is 7.46. The lowest BCUT2D eigenvalue weighted by Crippen LogP contribution is -2.48. The summed E-state index contributed by atoms with van der Waals surface area (Å²) in [5.41, 5.74) is 4.01. The van der Waals surface area contributed by atoms with E-state index in [4.69, 9.17) is 4.74 Å². The molecule has 1 fully saturated rings. The third kappa shape index (κ3) is 4.01. The molecule has 122 valence electrons. The van der Waals surface area contributed by atoms with Gasteiger partial charge in [-0.3, -0.25) is 4.79 Å². The molecule has 2 heterocycles. The first kappa shape index (κ1) is 15.8. The Morgan fingerprint density at radius 3 is 2.57 bits per heavy atom. The molecule has 0 unspecified atom stereocenters. The standard InChI is InChI=1S/C17H21N3O2S/c1-22-16-5-3-15(4-6-16)19-8-10-20(11-9-19)17(21)7-2-14-12-23-13-18-14/h3-6,12-13H,2,7-11H2,1H3. The first-order chi connectivity index (χ1) is 11.3. The average molecular weight is 331 g/mol. The topological polar surface area (TPSA) is 45.7 Å². The molecule has 0 N–H and O–H groups in total. The number of carbonyl (C=O) groups is 1. The molecule has 1 aliphatic rings. The molecular weight excluding hydrogens is 310 g/mol. The summed E-state index contributed by atoms with van der Waals surface area (Å²) in [5.74, 6) is 1.09.